The minimum absolute atomic E-state index is 0.196. The lowest BCUT2D eigenvalue weighted by Gasteiger charge is -2.20. The van der Waals surface area contributed by atoms with Crippen molar-refractivity contribution in [3.8, 4) is 11.4 Å². The number of hydrogen-bond acceptors (Lipinski definition) is 7. The molecule has 208 valence electrons. The van der Waals surface area contributed by atoms with E-state index in [1.807, 2.05) is 59.0 Å². The van der Waals surface area contributed by atoms with Crippen molar-refractivity contribution in [2.75, 3.05) is 6.61 Å². The van der Waals surface area contributed by atoms with Crippen LogP contribution in [0, 0.1) is 6.92 Å². The van der Waals surface area contributed by atoms with Crippen molar-refractivity contribution < 1.29 is 14.3 Å². The van der Waals surface area contributed by atoms with Crippen LogP contribution < -0.4 is 11.2 Å². The number of hydrogen-bond donors (Lipinski definition) is 0. The SMILES string of the molecule is CCCOC(=O)OC(CC)n1c(-c2cnn(Cc3cccc(C)c3)c2)nc2c1c(=O)n(CCC)c(=O)n2CC. The van der Waals surface area contributed by atoms with Gasteiger partial charge in [-0.1, -0.05) is 50.6 Å². The van der Waals surface area contributed by atoms with Gasteiger partial charge in [0.2, 0.25) is 0 Å². The first-order valence-electron chi connectivity index (χ1n) is 13.5. The Kier molecular flexibility index (Phi) is 8.68. The van der Waals surface area contributed by atoms with E-state index < -0.39 is 23.6 Å². The highest BCUT2D eigenvalue weighted by atomic mass is 16.7. The minimum atomic E-state index is -0.889. The molecule has 11 nitrogen and oxygen atoms in total. The van der Waals surface area contributed by atoms with Crippen molar-refractivity contribution in [1.82, 2.24) is 28.5 Å². The number of rotatable bonds is 11. The Balaban J connectivity index is 1.91. The van der Waals surface area contributed by atoms with E-state index in [1.54, 1.807) is 15.4 Å². The van der Waals surface area contributed by atoms with Crippen molar-refractivity contribution in [1.29, 1.82) is 0 Å². The first-order valence-corrected chi connectivity index (χ1v) is 13.5. The normalized spacial score (nSPS) is 12.1. The molecule has 0 amide bonds. The van der Waals surface area contributed by atoms with Crippen molar-refractivity contribution >= 4 is 17.3 Å². The molecule has 0 bridgehead atoms. The molecule has 3 heterocycles. The third-order valence-electron chi connectivity index (χ3n) is 6.43. The smallest absolute Gasteiger partial charge is 0.434 e. The van der Waals surface area contributed by atoms with Gasteiger partial charge in [-0.3, -0.25) is 23.2 Å². The predicted octanol–water partition coefficient (Wildman–Crippen LogP) is 4.48. The van der Waals surface area contributed by atoms with E-state index in [2.05, 4.69) is 11.2 Å². The van der Waals surface area contributed by atoms with Crippen LogP contribution in [0.3, 0.4) is 0 Å². The highest BCUT2D eigenvalue weighted by Crippen LogP contribution is 2.29. The zero-order chi connectivity index (χ0) is 28.1. The maximum absolute atomic E-state index is 13.7. The summed E-state index contributed by atoms with van der Waals surface area (Å²) in [5.41, 5.74) is 2.41. The van der Waals surface area contributed by atoms with Gasteiger partial charge in [-0.2, -0.15) is 5.10 Å². The number of carbonyl (C=O) groups is 1. The fraction of sp³-hybridized carbons (Fsp3) is 0.464. The quantitative estimate of drug-likeness (QED) is 0.260. The molecule has 0 radical (unpaired) electrons. The zero-order valence-electron chi connectivity index (χ0n) is 23.2. The summed E-state index contributed by atoms with van der Waals surface area (Å²) >= 11 is 0. The molecule has 0 N–H and O–H groups in total. The number of ether oxygens (including phenoxy) is 2. The van der Waals surface area contributed by atoms with Crippen LogP contribution in [0.25, 0.3) is 22.6 Å². The van der Waals surface area contributed by atoms with Gasteiger partial charge >= 0.3 is 11.8 Å². The lowest BCUT2D eigenvalue weighted by atomic mass is 10.1. The predicted molar refractivity (Wildman–Crippen MR) is 148 cm³/mol. The fourth-order valence-electron chi connectivity index (χ4n) is 4.66. The second-order valence-electron chi connectivity index (χ2n) is 9.46. The molecule has 3 aromatic heterocycles. The van der Waals surface area contributed by atoms with Crippen molar-refractivity contribution in [3.63, 3.8) is 0 Å². The molecule has 0 aliphatic rings. The summed E-state index contributed by atoms with van der Waals surface area (Å²) in [4.78, 5) is 44.2. The molecule has 0 aliphatic carbocycles. The van der Waals surface area contributed by atoms with Gasteiger partial charge in [-0.05, 0) is 32.3 Å². The van der Waals surface area contributed by atoms with Crippen LogP contribution in [0.5, 0.6) is 0 Å². The van der Waals surface area contributed by atoms with Crippen molar-refractivity contribution in [3.05, 3.63) is 68.6 Å². The maximum atomic E-state index is 13.7. The Hall–Kier alpha value is -4.15. The molecular weight excluding hydrogens is 500 g/mol. The first-order chi connectivity index (χ1) is 18.8. The highest BCUT2D eigenvalue weighted by Gasteiger charge is 2.28. The molecule has 39 heavy (non-hydrogen) atoms. The average molecular weight is 537 g/mol. The Morgan fingerprint density at radius 2 is 1.87 bits per heavy atom. The lowest BCUT2D eigenvalue weighted by molar-refractivity contribution is -0.00341. The van der Waals surface area contributed by atoms with Crippen molar-refractivity contribution in [2.24, 2.45) is 0 Å². The van der Waals surface area contributed by atoms with E-state index in [0.29, 0.717) is 43.7 Å². The van der Waals surface area contributed by atoms with E-state index in [4.69, 9.17) is 14.5 Å². The summed E-state index contributed by atoms with van der Waals surface area (Å²) in [6.07, 6.45) is 3.37. The summed E-state index contributed by atoms with van der Waals surface area (Å²) in [6.45, 7) is 10.8. The van der Waals surface area contributed by atoms with Gasteiger partial charge < -0.3 is 9.47 Å². The minimum Gasteiger partial charge on any atom is -0.434 e. The molecule has 4 aromatic rings. The second-order valence-corrected chi connectivity index (χ2v) is 9.46. The maximum Gasteiger partial charge on any atom is 0.510 e. The van der Waals surface area contributed by atoms with Gasteiger partial charge in [0.1, 0.15) is 5.82 Å². The molecule has 1 atom stereocenters. The molecule has 11 heteroatoms. The standard InChI is InChI=1S/C28H36N6O5/c1-6-13-33-26(35)23-25(32(9-4)27(33)36)30-24(34(23)22(8-3)39-28(37)38-14-7-2)21-16-29-31(18-21)17-20-12-10-11-19(5)15-20/h10-12,15-16,18,22H,6-9,13-14,17H2,1-5H3. The molecule has 0 spiro atoms. The Labute approximate surface area is 226 Å². The fourth-order valence-corrected chi connectivity index (χ4v) is 4.66. The van der Waals surface area contributed by atoms with Crippen LogP contribution in [0.4, 0.5) is 4.79 Å². The molecule has 0 fully saturated rings. The number of nitrogens with zero attached hydrogens (tertiary/aromatic N) is 6. The van der Waals surface area contributed by atoms with Gasteiger partial charge in [-0.15, -0.1) is 0 Å². The number of imidazole rings is 1. The van der Waals surface area contributed by atoms with Crippen LogP contribution in [-0.2, 0) is 29.1 Å². The summed E-state index contributed by atoms with van der Waals surface area (Å²) in [7, 11) is 0. The van der Waals surface area contributed by atoms with Crippen LogP contribution >= 0.6 is 0 Å². The van der Waals surface area contributed by atoms with Crippen molar-refractivity contribution in [2.45, 2.75) is 79.7 Å². The van der Waals surface area contributed by atoms with Crippen LogP contribution in [-0.4, -0.2) is 41.2 Å². The van der Waals surface area contributed by atoms with E-state index in [9.17, 15) is 14.4 Å². The van der Waals surface area contributed by atoms with Crippen LogP contribution in [0.1, 0.15) is 64.3 Å². The molecular formula is C28H36N6O5. The Morgan fingerprint density at radius 1 is 1.08 bits per heavy atom. The first kappa shape index (κ1) is 27.9. The Morgan fingerprint density at radius 3 is 2.54 bits per heavy atom. The van der Waals surface area contributed by atoms with E-state index in [-0.39, 0.29) is 24.3 Å². The highest BCUT2D eigenvalue weighted by molar-refractivity contribution is 5.77. The average Bonchev–Trinajstić information content (AvgIpc) is 3.54. The van der Waals surface area contributed by atoms with Gasteiger partial charge in [0.15, 0.2) is 17.4 Å². The summed E-state index contributed by atoms with van der Waals surface area (Å²) in [6, 6.07) is 8.16. The third-order valence-corrected chi connectivity index (χ3v) is 6.43. The van der Waals surface area contributed by atoms with E-state index >= 15 is 0 Å². The summed E-state index contributed by atoms with van der Waals surface area (Å²) < 4.78 is 16.9. The number of aryl methyl sites for hydroxylation is 2. The van der Waals surface area contributed by atoms with Crippen LogP contribution in [0.15, 0.2) is 46.2 Å². The largest absolute Gasteiger partial charge is 0.510 e. The molecule has 1 aromatic carbocycles. The second kappa shape index (κ2) is 12.1. The van der Waals surface area contributed by atoms with E-state index in [1.165, 1.54) is 9.13 Å². The number of fused-ring (bicyclic) bond motifs is 1. The molecule has 0 saturated carbocycles. The number of aromatic nitrogens is 6. The summed E-state index contributed by atoms with van der Waals surface area (Å²) in [5, 5.41) is 4.52. The number of carbonyl (C=O) groups excluding carboxylic acids is 1. The van der Waals surface area contributed by atoms with Gasteiger partial charge in [0.25, 0.3) is 5.56 Å². The molecule has 4 rings (SSSR count). The number of benzene rings is 1. The monoisotopic (exact) mass is 536 g/mol. The van der Waals surface area contributed by atoms with E-state index in [0.717, 1.165) is 11.1 Å². The Bertz CT molecular complexity index is 1580. The molecule has 0 saturated heterocycles. The van der Waals surface area contributed by atoms with Crippen LogP contribution in [0.2, 0.25) is 0 Å². The third kappa shape index (κ3) is 5.67. The topological polar surface area (TPSA) is 115 Å². The molecule has 0 aliphatic heterocycles. The lowest BCUT2D eigenvalue weighted by Crippen LogP contribution is -2.40. The van der Waals surface area contributed by atoms with Gasteiger partial charge in [0.05, 0.1) is 24.9 Å². The van der Waals surface area contributed by atoms with Gasteiger partial charge in [0, 0.05) is 25.7 Å². The molecule has 1 unspecified atom stereocenters. The summed E-state index contributed by atoms with van der Waals surface area (Å²) in [5.74, 6) is 0.378. The zero-order valence-corrected chi connectivity index (χ0v) is 23.2. The van der Waals surface area contributed by atoms with Gasteiger partial charge in [-0.25, -0.2) is 14.6 Å².